The number of halogens is 3. The molecule has 10 nitrogen and oxygen atoms in total. The monoisotopic (exact) mass is 492 g/mol. The van der Waals surface area contributed by atoms with Gasteiger partial charge in [-0.2, -0.15) is 13.8 Å². The zero-order valence-corrected chi connectivity index (χ0v) is 19.0. The molecule has 3 aromatic rings. The number of aromatic nitrogens is 4. The first-order valence-electron chi connectivity index (χ1n) is 10.4. The van der Waals surface area contributed by atoms with Crippen LogP contribution in [0.1, 0.15) is 10.5 Å². The minimum absolute atomic E-state index is 0.0234. The third-order valence-electron chi connectivity index (χ3n) is 4.60. The number of hydrogen-bond acceptors (Lipinski definition) is 10. The van der Waals surface area contributed by atoms with Crippen molar-refractivity contribution in [1.29, 1.82) is 0 Å². The number of carbonyl (C=O) groups excluding carboxylic acids is 1. The number of anilines is 3. The number of alkyl halides is 2. The fourth-order valence-electron chi connectivity index (χ4n) is 3.08. The topological polar surface area (TPSA) is 112 Å². The highest BCUT2D eigenvalue weighted by molar-refractivity contribution is 5.86. The first kappa shape index (κ1) is 25.8. The fraction of sp³-hybridized carbons (Fsp3) is 0.318. The molecule has 1 N–H and O–H groups in total. The van der Waals surface area contributed by atoms with E-state index in [1.54, 1.807) is 14.2 Å². The Labute approximate surface area is 199 Å². The zero-order chi connectivity index (χ0) is 25.2. The second kappa shape index (κ2) is 12.6. The summed E-state index contributed by atoms with van der Waals surface area (Å²) in [7, 11) is 3.25. The van der Waals surface area contributed by atoms with Gasteiger partial charge in [0.1, 0.15) is 11.4 Å². The molecule has 186 valence electrons. The van der Waals surface area contributed by atoms with Crippen LogP contribution in [-0.2, 0) is 9.47 Å². The van der Waals surface area contributed by atoms with Gasteiger partial charge in [-0.05, 0) is 23.8 Å². The summed E-state index contributed by atoms with van der Waals surface area (Å²) in [4.78, 5) is 21.5. The third kappa shape index (κ3) is 7.07. The van der Waals surface area contributed by atoms with E-state index >= 15 is 0 Å². The van der Waals surface area contributed by atoms with Crippen molar-refractivity contribution in [3.05, 3.63) is 48.0 Å². The summed E-state index contributed by atoms with van der Waals surface area (Å²) in [5, 5.41) is 10.5. The van der Waals surface area contributed by atoms with Gasteiger partial charge in [0.05, 0.1) is 19.4 Å². The molecule has 2 aromatic heterocycles. The highest BCUT2D eigenvalue weighted by atomic mass is 19.3. The van der Waals surface area contributed by atoms with Crippen LogP contribution in [0.25, 0.3) is 11.1 Å². The van der Waals surface area contributed by atoms with Crippen LogP contribution in [-0.4, -0.2) is 73.6 Å². The smallest absolute Gasteiger partial charge is 0.387 e. The number of methoxy groups -OCH3 is 1. The van der Waals surface area contributed by atoms with E-state index in [0.29, 0.717) is 49.7 Å². The average molecular weight is 492 g/mol. The van der Waals surface area contributed by atoms with Crippen molar-refractivity contribution in [2.45, 2.75) is 6.61 Å². The van der Waals surface area contributed by atoms with Crippen molar-refractivity contribution in [3.63, 3.8) is 0 Å². The highest BCUT2D eigenvalue weighted by Gasteiger charge is 2.17. The largest absolute Gasteiger partial charge is 0.435 e. The quantitative estimate of drug-likeness (QED) is 0.493. The number of morpholine rings is 1. The first-order valence-corrected chi connectivity index (χ1v) is 10.4. The lowest BCUT2D eigenvalue weighted by Crippen LogP contribution is -2.37. The minimum Gasteiger partial charge on any atom is -0.435 e. The van der Waals surface area contributed by atoms with Crippen LogP contribution >= 0.6 is 0 Å². The molecule has 0 unspecified atom stereocenters. The number of nitrogens with one attached hydrogen (secondary N) is 1. The Bertz CT molecular complexity index is 1110. The van der Waals surface area contributed by atoms with Gasteiger partial charge in [-0.25, -0.2) is 9.37 Å². The van der Waals surface area contributed by atoms with Gasteiger partial charge in [-0.15, -0.1) is 10.2 Å². The Hall–Kier alpha value is -3.84. The molecule has 4 rings (SSSR count). The molecule has 1 aromatic carbocycles. The van der Waals surface area contributed by atoms with Crippen LogP contribution in [0, 0.1) is 5.82 Å². The lowest BCUT2D eigenvalue weighted by molar-refractivity contribution is -0.0498. The van der Waals surface area contributed by atoms with E-state index in [4.69, 9.17) is 4.74 Å². The molecule has 1 aliphatic rings. The molecule has 0 saturated carbocycles. The standard InChI is InChI=1S/C20H17F3N6O3.C2H6O/c21-15-10-24-20(29-5-7-31-8-6-29)26-18(15)25-17-9-14(16(11-30)27-28-17)12-1-3-13(4-2-12)32-19(22)23;1-3-2/h1-4,9-11,19H,5-8H2,(H,24,25,26,28);1-2H3. The normalized spacial score (nSPS) is 13.1. The molecule has 0 radical (unpaired) electrons. The molecule has 35 heavy (non-hydrogen) atoms. The maximum Gasteiger partial charge on any atom is 0.387 e. The lowest BCUT2D eigenvalue weighted by atomic mass is 10.0. The molecule has 0 atom stereocenters. The predicted octanol–water partition coefficient (Wildman–Crippen LogP) is 3.33. The van der Waals surface area contributed by atoms with Crippen LogP contribution in [0.2, 0.25) is 0 Å². The van der Waals surface area contributed by atoms with Gasteiger partial charge in [0.15, 0.2) is 23.7 Å². The molecular weight excluding hydrogens is 469 g/mol. The first-order chi connectivity index (χ1) is 16.9. The Balaban J connectivity index is 0.00000108. The van der Waals surface area contributed by atoms with Gasteiger partial charge in [0, 0.05) is 32.9 Å². The van der Waals surface area contributed by atoms with Gasteiger partial charge < -0.3 is 24.4 Å². The maximum atomic E-state index is 14.3. The van der Waals surface area contributed by atoms with Crippen molar-refractivity contribution in [2.75, 3.05) is 50.7 Å². The summed E-state index contributed by atoms with van der Waals surface area (Å²) in [6, 6.07) is 7.14. The lowest BCUT2D eigenvalue weighted by Gasteiger charge is -2.26. The second-order valence-electron chi connectivity index (χ2n) is 7.05. The number of hydrogen-bond donors (Lipinski definition) is 1. The van der Waals surface area contributed by atoms with Crippen molar-refractivity contribution < 1.29 is 32.2 Å². The van der Waals surface area contributed by atoms with E-state index in [1.165, 1.54) is 30.3 Å². The van der Waals surface area contributed by atoms with Crippen LogP contribution < -0.4 is 15.0 Å². The molecule has 0 spiro atoms. The summed E-state index contributed by atoms with van der Waals surface area (Å²) < 4.78 is 52.9. The summed E-state index contributed by atoms with van der Waals surface area (Å²) in [6.07, 6.45) is 1.56. The van der Waals surface area contributed by atoms with Gasteiger partial charge in [-0.3, -0.25) is 4.79 Å². The zero-order valence-electron chi connectivity index (χ0n) is 19.0. The van der Waals surface area contributed by atoms with Crippen LogP contribution in [0.4, 0.5) is 30.8 Å². The third-order valence-corrected chi connectivity index (χ3v) is 4.60. The van der Waals surface area contributed by atoms with Crippen LogP contribution in [0.15, 0.2) is 36.5 Å². The van der Waals surface area contributed by atoms with E-state index in [1.807, 2.05) is 4.90 Å². The molecule has 1 saturated heterocycles. The summed E-state index contributed by atoms with van der Waals surface area (Å²) in [5.41, 5.74) is 0.892. The van der Waals surface area contributed by atoms with Crippen molar-refractivity contribution in [1.82, 2.24) is 20.2 Å². The van der Waals surface area contributed by atoms with Gasteiger partial charge in [0.2, 0.25) is 5.95 Å². The molecule has 1 fully saturated rings. The molecular formula is C22H23F3N6O4. The van der Waals surface area contributed by atoms with Crippen molar-refractivity contribution >= 4 is 23.9 Å². The number of nitrogens with zero attached hydrogens (tertiary/aromatic N) is 5. The number of rotatable bonds is 7. The minimum atomic E-state index is -2.95. The number of benzene rings is 1. The summed E-state index contributed by atoms with van der Waals surface area (Å²) in [6.45, 7) is -0.753. The Kier molecular flexibility index (Phi) is 9.26. The summed E-state index contributed by atoms with van der Waals surface area (Å²) in [5.74, 6) is -0.372. The van der Waals surface area contributed by atoms with E-state index < -0.39 is 12.4 Å². The Morgan fingerprint density at radius 3 is 2.46 bits per heavy atom. The second-order valence-corrected chi connectivity index (χ2v) is 7.05. The highest BCUT2D eigenvalue weighted by Crippen LogP contribution is 2.28. The SMILES string of the molecule is COC.O=Cc1nnc(Nc2nc(N3CCOCC3)ncc2F)cc1-c1ccc(OC(F)F)cc1. The number of carbonyl (C=O) groups is 1. The molecule has 0 amide bonds. The van der Waals surface area contributed by atoms with Crippen molar-refractivity contribution in [2.24, 2.45) is 0 Å². The van der Waals surface area contributed by atoms with E-state index in [-0.39, 0.29) is 23.1 Å². The number of ether oxygens (including phenoxy) is 3. The molecule has 0 aliphatic carbocycles. The molecule has 0 bridgehead atoms. The maximum absolute atomic E-state index is 14.3. The Morgan fingerprint density at radius 2 is 1.83 bits per heavy atom. The molecule has 3 heterocycles. The fourth-order valence-corrected chi connectivity index (χ4v) is 3.08. The van der Waals surface area contributed by atoms with E-state index in [9.17, 15) is 18.0 Å². The summed E-state index contributed by atoms with van der Waals surface area (Å²) >= 11 is 0. The van der Waals surface area contributed by atoms with Gasteiger partial charge in [0.25, 0.3) is 0 Å². The molecule has 1 aliphatic heterocycles. The van der Waals surface area contributed by atoms with Gasteiger partial charge in [-0.1, -0.05) is 12.1 Å². The molecule has 13 heteroatoms. The van der Waals surface area contributed by atoms with E-state index in [2.05, 4.69) is 35.0 Å². The van der Waals surface area contributed by atoms with Gasteiger partial charge >= 0.3 is 6.61 Å². The van der Waals surface area contributed by atoms with E-state index in [0.717, 1.165) is 6.20 Å². The van der Waals surface area contributed by atoms with Crippen LogP contribution in [0.3, 0.4) is 0 Å². The predicted molar refractivity (Wildman–Crippen MR) is 121 cm³/mol. The average Bonchev–Trinajstić information content (AvgIpc) is 2.86. The Morgan fingerprint density at radius 1 is 1.14 bits per heavy atom. The van der Waals surface area contributed by atoms with Crippen LogP contribution in [0.5, 0.6) is 5.75 Å². The van der Waals surface area contributed by atoms with Crippen molar-refractivity contribution in [3.8, 4) is 16.9 Å². The number of aldehydes is 1.